The number of Topliss-reactive ketones (excluding diaryl/α,β-unsaturated/α-hetero) is 1. The highest BCUT2D eigenvalue weighted by molar-refractivity contribution is 5.96. The molecular formula is C45H50N2O12. The largest absolute Gasteiger partial charge is 0.453 e. The molecule has 2 bridgehead atoms. The van der Waals surface area contributed by atoms with E-state index in [1.54, 1.807) is 99.6 Å². The summed E-state index contributed by atoms with van der Waals surface area (Å²) in [6, 6.07) is 23.9. The smallest absolute Gasteiger partial charge is 0.338 e. The van der Waals surface area contributed by atoms with Gasteiger partial charge in [0.15, 0.2) is 23.6 Å². The Balaban J connectivity index is 1.27. The molecule has 4 fully saturated rings. The summed E-state index contributed by atoms with van der Waals surface area (Å²) < 4.78 is 24.5. The Morgan fingerprint density at radius 1 is 0.915 bits per heavy atom. The summed E-state index contributed by atoms with van der Waals surface area (Å²) in [5.74, 6) is -7.25. The number of esters is 2. The topological polar surface area (TPSA) is 198 Å². The summed E-state index contributed by atoms with van der Waals surface area (Å²) in [5.41, 5.74) is -3.29. The van der Waals surface area contributed by atoms with Crippen LogP contribution in [-0.2, 0) is 33.3 Å². The zero-order valence-corrected chi connectivity index (χ0v) is 33.8. The minimum atomic E-state index is -2.47. The van der Waals surface area contributed by atoms with Crippen LogP contribution in [0.25, 0.3) is 0 Å². The number of ether oxygens (including phenoxy) is 4. The molecule has 4 N–H and O–H groups in total. The first-order valence-corrected chi connectivity index (χ1v) is 19.6. The zero-order chi connectivity index (χ0) is 42.7. The summed E-state index contributed by atoms with van der Waals surface area (Å²) in [5, 5.41) is 39.3. The van der Waals surface area contributed by atoms with Crippen molar-refractivity contribution < 1.29 is 58.2 Å². The van der Waals surface area contributed by atoms with E-state index < -0.39 is 94.2 Å². The third kappa shape index (κ3) is 6.76. The van der Waals surface area contributed by atoms with Crippen molar-refractivity contribution in [3.8, 4) is 0 Å². The quantitative estimate of drug-likeness (QED) is 0.173. The molecule has 1 unspecified atom stereocenters. The number of nitrogens with zero attached hydrogens (tertiary/aromatic N) is 1. The van der Waals surface area contributed by atoms with E-state index in [-0.39, 0.29) is 30.7 Å². The minimum Gasteiger partial charge on any atom is -0.453 e. The van der Waals surface area contributed by atoms with Gasteiger partial charge in [-0.05, 0) is 49.2 Å². The number of likely N-dealkylation sites (N-methyl/N-ethyl adjacent to an activating group) is 1. The van der Waals surface area contributed by atoms with Gasteiger partial charge in [-0.15, -0.1) is 0 Å². The van der Waals surface area contributed by atoms with Crippen LogP contribution in [0.5, 0.6) is 0 Å². The maximum Gasteiger partial charge on any atom is 0.338 e. The van der Waals surface area contributed by atoms with Gasteiger partial charge in [0.2, 0.25) is 5.79 Å². The second-order valence-corrected chi connectivity index (χ2v) is 16.8. The summed E-state index contributed by atoms with van der Waals surface area (Å²) in [4.78, 5) is 70.5. The maximum absolute atomic E-state index is 15.2. The average Bonchev–Trinajstić information content (AvgIpc) is 3.40. The van der Waals surface area contributed by atoms with E-state index in [0.717, 1.165) is 0 Å². The SMILES string of the molecule is CC(=O)O[C@@]12CO[C@@H]1C[C@H](O)[C@@]1(C)C(=O)[C@H]3O[C@@](O)([C@@H](OC(=O)c4ccccc4)C12)C(C)(C)/C3=C(/C)CN(C)C(=O)[C@H](O)[C@@H](NC(=O)c1ccccc1)c1ccccc1. The van der Waals surface area contributed by atoms with E-state index in [4.69, 9.17) is 18.9 Å². The third-order valence-corrected chi connectivity index (χ3v) is 12.9. The van der Waals surface area contributed by atoms with Crippen molar-refractivity contribution >= 4 is 29.5 Å². The number of amides is 2. The number of hydrogen-bond donors (Lipinski definition) is 4. The molecule has 0 radical (unpaired) electrons. The highest BCUT2D eigenvalue weighted by atomic mass is 16.7. The molecule has 4 aliphatic rings. The number of carbonyl (C=O) groups is 5. The molecule has 3 heterocycles. The van der Waals surface area contributed by atoms with Crippen LogP contribution in [0.1, 0.15) is 73.4 Å². The van der Waals surface area contributed by atoms with Crippen molar-refractivity contribution in [3.63, 3.8) is 0 Å². The number of fused-ring (bicyclic) bond motifs is 5. The molecule has 10 atom stereocenters. The van der Waals surface area contributed by atoms with Gasteiger partial charge >= 0.3 is 11.9 Å². The number of benzene rings is 3. The van der Waals surface area contributed by atoms with Gasteiger partial charge < -0.3 is 44.5 Å². The molecule has 59 heavy (non-hydrogen) atoms. The zero-order valence-electron chi connectivity index (χ0n) is 33.8. The van der Waals surface area contributed by atoms with Crippen molar-refractivity contribution in [1.82, 2.24) is 10.2 Å². The van der Waals surface area contributed by atoms with Crippen molar-refractivity contribution in [2.75, 3.05) is 20.2 Å². The Morgan fingerprint density at radius 2 is 1.49 bits per heavy atom. The van der Waals surface area contributed by atoms with Gasteiger partial charge in [0, 0.05) is 37.9 Å². The maximum atomic E-state index is 15.2. The van der Waals surface area contributed by atoms with Crippen molar-refractivity contribution in [3.05, 3.63) is 119 Å². The van der Waals surface area contributed by atoms with Crippen LogP contribution < -0.4 is 5.32 Å². The first-order chi connectivity index (χ1) is 27.9. The Labute approximate surface area is 342 Å². The second-order valence-electron chi connectivity index (χ2n) is 16.8. The van der Waals surface area contributed by atoms with E-state index in [1.807, 2.05) is 0 Å². The second kappa shape index (κ2) is 15.4. The lowest BCUT2D eigenvalue weighted by Crippen LogP contribution is -2.79. The fourth-order valence-corrected chi connectivity index (χ4v) is 9.79. The van der Waals surface area contributed by atoms with Crippen LogP contribution in [0.3, 0.4) is 0 Å². The Kier molecular flexibility index (Phi) is 10.9. The van der Waals surface area contributed by atoms with E-state index in [2.05, 4.69) is 5.32 Å². The number of aliphatic hydroxyl groups excluding tert-OH is 2. The summed E-state index contributed by atoms with van der Waals surface area (Å²) in [7, 11) is 1.46. The van der Waals surface area contributed by atoms with Crippen LogP contribution in [0.15, 0.2) is 102 Å². The molecule has 1 aliphatic carbocycles. The number of carbonyl (C=O) groups excluding carboxylic acids is 5. The van der Waals surface area contributed by atoms with Crippen molar-refractivity contribution in [2.24, 2.45) is 16.7 Å². The molecule has 7 rings (SSSR count). The third-order valence-electron chi connectivity index (χ3n) is 12.9. The molecule has 2 amide bonds. The van der Waals surface area contributed by atoms with Gasteiger partial charge in [-0.2, -0.15) is 0 Å². The highest BCUT2D eigenvalue weighted by Gasteiger charge is 2.80. The first-order valence-electron chi connectivity index (χ1n) is 19.6. The standard InChI is InChI=1S/C45H50N2O12/c1-25(23-47(6)40(53)34(50)33(27-16-10-7-11-17-27)46-39(52)28-18-12-8-13-19-28)32-35-37(51)43(5)30(49)22-31-44(24-56-31,58-26(2)48)36(43)38(45(55,59-35)42(32,3)4)57-41(54)29-20-14-9-15-21-29/h7-21,30-31,33-36,38,49-50,55H,22-24H2,1-6H3,(H,46,52)/b32-25-/t30-,31+,33-,34+,35-,36?,38-,43+,44-,45-/m0/s1. The van der Waals surface area contributed by atoms with Crippen LogP contribution in [0.4, 0.5) is 0 Å². The lowest BCUT2D eigenvalue weighted by atomic mass is 9.49. The summed E-state index contributed by atoms with van der Waals surface area (Å²) >= 11 is 0. The van der Waals surface area contributed by atoms with Crippen LogP contribution in [0, 0.1) is 16.7 Å². The molecule has 3 aliphatic heterocycles. The van der Waals surface area contributed by atoms with Crippen LogP contribution in [0.2, 0.25) is 0 Å². The highest BCUT2D eigenvalue weighted by Crippen LogP contribution is 2.65. The lowest BCUT2D eigenvalue weighted by molar-refractivity contribution is -0.356. The molecule has 14 nitrogen and oxygen atoms in total. The van der Waals surface area contributed by atoms with E-state index in [9.17, 15) is 34.5 Å². The van der Waals surface area contributed by atoms with Crippen molar-refractivity contribution in [2.45, 2.75) is 89.0 Å². The Morgan fingerprint density at radius 3 is 2.05 bits per heavy atom. The fraction of sp³-hybridized carbons (Fsp3) is 0.444. The molecule has 1 saturated carbocycles. The number of nitrogens with one attached hydrogen (secondary N) is 1. The van der Waals surface area contributed by atoms with Gasteiger partial charge in [-0.3, -0.25) is 19.2 Å². The average molecular weight is 811 g/mol. The normalized spacial score (nSPS) is 32.2. The number of ketones is 1. The van der Waals surface area contributed by atoms with Gasteiger partial charge in [-0.1, -0.05) is 86.2 Å². The summed E-state index contributed by atoms with van der Waals surface area (Å²) in [6.07, 6.45) is -7.37. The van der Waals surface area contributed by atoms with Crippen LogP contribution in [-0.4, -0.2) is 112 Å². The Hall–Kier alpha value is -5.25. The van der Waals surface area contributed by atoms with Gasteiger partial charge in [0.1, 0.15) is 12.2 Å². The minimum absolute atomic E-state index is 0.101. The monoisotopic (exact) mass is 810 g/mol. The molecule has 3 aromatic carbocycles. The van der Waals surface area contributed by atoms with Gasteiger partial charge in [0.05, 0.1) is 35.6 Å². The van der Waals surface area contributed by atoms with Crippen molar-refractivity contribution in [1.29, 1.82) is 0 Å². The van der Waals surface area contributed by atoms with Gasteiger partial charge in [-0.25, -0.2) is 4.79 Å². The predicted octanol–water partition coefficient (Wildman–Crippen LogP) is 3.30. The lowest BCUT2D eigenvalue weighted by Gasteiger charge is -2.63. The first kappa shape index (κ1) is 41.9. The van der Waals surface area contributed by atoms with Crippen LogP contribution >= 0.6 is 0 Å². The fourth-order valence-electron chi connectivity index (χ4n) is 9.79. The molecule has 14 heteroatoms. The molecule has 3 aromatic rings. The van der Waals surface area contributed by atoms with E-state index in [0.29, 0.717) is 16.7 Å². The van der Waals surface area contributed by atoms with Gasteiger partial charge in [0.25, 0.3) is 11.8 Å². The van der Waals surface area contributed by atoms with E-state index >= 15 is 4.79 Å². The Bertz CT molecular complexity index is 2160. The van der Waals surface area contributed by atoms with E-state index in [1.165, 1.54) is 37.9 Å². The number of hydrogen-bond acceptors (Lipinski definition) is 12. The number of rotatable bonds is 10. The molecule has 0 spiro atoms. The number of aliphatic hydroxyl groups is 3. The summed E-state index contributed by atoms with van der Waals surface area (Å²) in [6.45, 7) is 7.25. The molecular weight excluding hydrogens is 760 g/mol. The predicted molar refractivity (Wildman–Crippen MR) is 210 cm³/mol. The molecule has 3 saturated heterocycles. The molecule has 312 valence electrons. The molecule has 0 aromatic heterocycles.